The van der Waals surface area contributed by atoms with Gasteiger partial charge in [0, 0.05) is 12.6 Å². The number of imidazole rings is 1. The molecule has 198 valence electrons. The SMILES string of the molecule is C[C@@H]1COCCN1c1nc2nc(C(=O)O)nc(N[C@H](C)C3CCC3)c2n1Cc1ccc(C(F)(F)F)cc1. The molecule has 0 spiro atoms. The van der Waals surface area contributed by atoms with Crippen molar-refractivity contribution in [2.24, 2.45) is 5.92 Å². The zero-order valence-electron chi connectivity index (χ0n) is 20.6. The Hall–Kier alpha value is -3.41. The summed E-state index contributed by atoms with van der Waals surface area (Å²) in [7, 11) is 0. The van der Waals surface area contributed by atoms with Crippen LogP contribution in [0.1, 0.15) is 54.9 Å². The van der Waals surface area contributed by atoms with Crippen LogP contribution in [0.3, 0.4) is 0 Å². The molecule has 2 fully saturated rings. The molecular weight excluding hydrogens is 489 g/mol. The van der Waals surface area contributed by atoms with Gasteiger partial charge in [-0.1, -0.05) is 18.6 Å². The number of aromatic nitrogens is 4. The zero-order valence-corrected chi connectivity index (χ0v) is 20.6. The first-order valence-corrected chi connectivity index (χ1v) is 12.4. The van der Waals surface area contributed by atoms with Crippen molar-refractivity contribution in [3.8, 4) is 0 Å². The highest BCUT2D eigenvalue weighted by Crippen LogP contribution is 2.35. The molecule has 2 aromatic heterocycles. The van der Waals surface area contributed by atoms with Crippen molar-refractivity contribution in [3.05, 3.63) is 41.2 Å². The number of benzene rings is 1. The van der Waals surface area contributed by atoms with E-state index in [1.165, 1.54) is 12.1 Å². The molecule has 1 aliphatic heterocycles. The predicted octanol–water partition coefficient (Wildman–Crippen LogP) is 4.42. The lowest BCUT2D eigenvalue weighted by molar-refractivity contribution is -0.137. The summed E-state index contributed by atoms with van der Waals surface area (Å²) in [5, 5.41) is 13.1. The van der Waals surface area contributed by atoms with Crippen LogP contribution in [-0.2, 0) is 17.5 Å². The number of nitrogens with zero attached hydrogens (tertiary/aromatic N) is 5. The first kappa shape index (κ1) is 25.2. The first-order chi connectivity index (χ1) is 17.6. The molecule has 2 N–H and O–H groups in total. The minimum atomic E-state index is -4.43. The van der Waals surface area contributed by atoms with Crippen LogP contribution >= 0.6 is 0 Å². The first-order valence-electron chi connectivity index (χ1n) is 12.4. The molecule has 3 aromatic rings. The summed E-state index contributed by atoms with van der Waals surface area (Å²) >= 11 is 0. The van der Waals surface area contributed by atoms with Gasteiger partial charge in [-0.25, -0.2) is 14.8 Å². The van der Waals surface area contributed by atoms with Crippen molar-refractivity contribution in [1.29, 1.82) is 0 Å². The summed E-state index contributed by atoms with van der Waals surface area (Å²) in [4.78, 5) is 27.2. The number of nitrogens with one attached hydrogen (secondary N) is 1. The van der Waals surface area contributed by atoms with Gasteiger partial charge in [0.05, 0.1) is 31.4 Å². The molecule has 0 bridgehead atoms. The van der Waals surface area contributed by atoms with E-state index in [1.807, 2.05) is 18.4 Å². The quantitative estimate of drug-likeness (QED) is 0.474. The molecule has 9 nitrogen and oxygen atoms in total. The Balaban J connectivity index is 1.64. The highest BCUT2D eigenvalue weighted by atomic mass is 19.4. The molecule has 0 amide bonds. The van der Waals surface area contributed by atoms with Gasteiger partial charge >= 0.3 is 12.1 Å². The molecule has 5 rings (SSSR count). The van der Waals surface area contributed by atoms with E-state index in [4.69, 9.17) is 9.72 Å². The lowest BCUT2D eigenvalue weighted by Crippen LogP contribution is -2.45. The normalized spacial score (nSPS) is 19.6. The van der Waals surface area contributed by atoms with E-state index in [-0.39, 0.29) is 30.1 Å². The highest BCUT2D eigenvalue weighted by molar-refractivity contribution is 5.91. The van der Waals surface area contributed by atoms with E-state index >= 15 is 0 Å². The van der Waals surface area contributed by atoms with E-state index in [9.17, 15) is 23.1 Å². The second-order valence-corrected chi connectivity index (χ2v) is 9.81. The number of hydrogen-bond acceptors (Lipinski definition) is 7. The van der Waals surface area contributed by atoms with Crippen LogP contribution in [-0.4, -0.2) is 62.4 Å². The summed E-state index contributed by atoms with van der Waals surface area (Å²) in [6.07, 6.45) is -1.11. The summed E-state index contributed by atoms with van der Waals surface area (Å²) in [6, 6.07) is 5.03. The molecule has 1 aliphatic carbocycles. The van der Waals surface area contributed by atoms with Crippen LogP contribution in [0.5, 0.6) is 0 Å². The Morgan fingerprint density at radius 2 is 1.95 bits per heavy atom. The fourth-order valence-electron chi connectivity index (χ4n) is 4.87. The standard InChI is InChI=1S/C25H29F3N6O3/c1-14-13-37-11-10-33(14)24-32-21-19(34(24)12-16-6-8-18(9-7-16)25(26,27)28)20(30-22(31-21)23(35)36)29-15(2)17-4-3-5-17/h6-9,14-15,17H,3-5,10-13H2,1-2H3,(H,35,36)(H,29,30,31)/t14-,15-/m1/s1. The lowest BCUT2D eigenvalue weighted by Gasteiger charge is -2.34. The zero-order chi connectivity index (χ0) is 26.3. The van der Waals surface area contributed by atoms with E-state index in [1.54, 1.807) is 0 Å². The third-order valence-corrected chi connectivity index (χ3v) is 7.24. The summed E-state index contributed by atoms with van der Waals surface area (Å²) < 4.78 is 46.8. The second kappa shape index (κ2) is 9.81. The van der Waals surface area contributed by atoms with Crippen LogP contribution in [0.2, 0.25) is 0 Å². The number of morpholine rings is 1. The Labute approximate surface area is 211 Å². The number of rotatable bonds is 7. The second-order valence-electron chi connectivity index (χ2n) is 9.81. The fourth-order valence-corrected chi connectivity index (χ4v) is 4.87. The molecule has 0 unspecified atom stereocenters. The minimum absolute atomic E-state index is 0.0193. The van der Waals surface area contributed by atoms with E-state index < -0.39 is 17.7 Å². The lowest BCUT2D eigenvalue weighted by atomic mass is 9.80. The van der Waals surface area contributed by atoms with E-state index in [0.29, 0.717) is 48.5 Å². The maximum Gasteiger partial charge on any atom is 0.416 e. The number of hydrogen-bond donors (Lipinski definition) is 2. The summed E-state index contributed by atoms with van der Waals surface area (Å²) in [6.45, 7) is 5.77. The molecule has 2 atom stereocenters. The summed E-state index contributed by atoms with van der Waals surface area (Å²) in [5.74, 6) is -0.282. The average Bonchev–Trinajstić information content (AvgIpc) is 3.16. The Bertz CT molecular complexity index is 1290. The third kappa shape index (κ3) is 5.07. The molecule has 0 radical (unpaired) electrons. The van der Waals surface area contributed by atoms with Gasteiger partial charge in [0.25, 0.3) is 0 Å². The average molecular weight is 519 g/mol. The van der Waals surface area contributed by atoms with Gasteiger partial charge in [-0.15, -0.1) is 0 Å². The van der Waals surface area contributed by atoms with Crippen molar-refractivity contribution < 1.29 is 27.8 Å². The van der Waals surface area contributed by atoms with Gasteiger partial charge in [-0.3, -0.25) is 0 Å². The van der Waals surface area contributed by atoms with E-state index in [0.717, 1.165) is 31.4 Å². The van der Waals surface area contributed by atoms with Crippen molar-refractivity contribution in [2.45, 2.75) is 57.9 Å². The number of halogens is 3. The smallest absolute Gasteiger partial charge is 0.416 e. The molecule has 37 heavy (non-hydrogen) atoms. The molecule has 12 heteroatoms. The van der Waals surface area contributed by atoms with Gasteiger partial charge in [0.2, 0.25) is 11.8 Å². The summed E-state index contributed by atoms with van der Waals surface area (Å²) in [5.41, 5.74) is 0.649. The fraction of sp³-hybridized carbons (Fsp3) is 0.520. The molecule has 2 aliphatic rings. The van der Waals surface area contributed by atoms with Crippen molar-refractivity contribution >= 4 is 28.9 Å². The number of anilines is 2. The van der Waals surface area contributed by atoms with Gasteiger partial charge in [-0.2, -0.15) is 18.2 Å². The van der Waals surface area contributed by atoms with Crippen LogP contribution in [0.25, 0.3) is 11.2 Å². The van der Waals surface area contributed by atoms with Crippen LogP contribution in [0.4, 0.5) is 24.9 Å². The van der Waals surface area contributed by atoms with Crippen molar-refractivity contribution in [1.82, 2.24) is 19.5 Å². The maximum absolute atomic E-state index is 13.1. The third-order valence-electron chi connectivity index (χ3n) is 7.24. The molecule has 3 heterocycles. The largest absolute Gasteiger partial charge is 0.475 e. The topological polar surface area (TPSA) is 105 Å². The number of carboxylic acid groups (broad SMARTS) is 1. The molecule has 1 saturated heterocycles. The van der Waals surface area contributed by atoms with Crippen molar-refractivity contribution in [3.63, 3.8) is 0 Å². The van der Waals surface area contributed by atoms with Crippen LogP contribution in [0.15, 0.2) is 24.3 Å². The number of carboxylic acids is 1. The number of fused-ring (bicyclic) bond motifs is 1. The Morgan fingerprint density at radius 1 is 1.22 bits per heavy atom. The monoisotopic (exact) mass is 518 g/mol. The van der Waals surface area contributed by atoms with Crippen LogP contribution < -0.4 is 10.2 Å². The van der Waals surface area contributed by atoms with Gasteiger partial charge in [0.1, 0.15) is 5.52 Å². The molecule has 1 saturated carbocycles. The van der Waals surface area contributed by atoms with E-state index in [2.05, 4.69) is 20.2 Å². The Kier molecular flexibility index (Phi) is 6.69. The van der Waals surface area contributed by atoms with Gasteiger partial charge in [0.15, 0.2) is 11.5 Å². The minimum Gasteiger partial charge on any atom is -0.475 e. The predicted molar refractivity (Wildman–Crippen MR) is 131 cm³/mol. The Morgan fingerprint density at radius 3 is 2.54 bits per heavy atom. The van der Waals surface area contributed by atoms with Gasteiger partial charge < -0.3 is 24.6 Å². The van der Waals surface area contributed by atoms with Crippen molar-refractivity contribution in [2.75, 3.05) is 30.0 Å². The van der Waals surface area contributed by atoms with Crippen LogP contribution in [0, 0.1) is 5.92 Å². The molecule has 1 aromatic carbocycles. The molecular formula is C25H29F3N6O3. The number of aromatic carboxylic acids is 1. The highest BCUT2D eigenvalue weighted by Gasteiger charge is 2.32. The number of ether oxygens (including phenoxy) is 1. The number of carbonyl (C=O) groups is 1. The maximum atomic E-state index is 13.1. The van der Waals surface area contributed by atoms with Gasteiger partial charge in [-0.05, 0) is 50.3 Å². The number of alkyl halides is 3.